The summed E-state index contributed by atoms with van der Waals surface area (Å²) in [6.45, 7) is 5.29. The van der Waals surface area contributed by atoms with E-state index < -0.39 is 12.3 Å². The Morgan fingerprint density at radius 2 is 2.15 bits per heavy atom. The predicted octanol–water partition coefficient (Wildman–Crippen LogP) is 0.705. The van der Waals surface area contributed by atoms with Crippen LogP contribution in [0.1, 0.15) is 20.8 Å². The summed E-state index contributed by atoms with van der Waals surface area (Å²) >= 11 is 0. The molecule has 0 bridgehead atoms. The third-order valence-electron chi connectivity index (χ3n) is 2.97. The van der Waals surface area contributed by atoms with Gasteiger partial charge in [0, 0.05) is 6.92 Å². The first-order chi connectivity index (χ1) is 5.94. The summed E-state index contributed by atoms with van der Waals surface area (Å²) in [5.74, 6) is -0.650. The zero-order valence-electron chi connectivity index (χ0n) is 7.87. The normalized spacial score (nSPS) is 39.3. The average Bonchev–Trinajstić information content (AvgIpc) is 2.31. The number of carbonyl (C=O) groups is 2. The molecule has 0 amide bonds. The van der Waals surface area contributed by atoms with E-state index in [4.69, 9.17) is 9.47 Å². The number of cyclic esters (lactones) is 1. The van der Waals surface area contributed by atoms with Crippen molar-refractivity contribution < 1.29 is 19.1 Å². The third-order valence-corrected chi connectivity index (χ3v) is 2.97. The van der Waals surface area contributed by atoms with Crippen molar-refractivity contribution in [2.45, 2.75) is 27.1 Å². The smallest absolute Gasteiger partial charge is 0.313 e. The van der Waals surface area contributed by atoms with Crippen molar-refractivity contribution in [2.75, 3.05) is 0 Å². The molecular formula is C9H12O4. The van der Waals surface area contributed by atoms with Crippen molar-refractivity contribution in [1.82, 2.24) is 0 Å². The highest BCUT2D eigenvalue weighted by atomic mass is 16.7. The fraction of sp³-hybridized carbons (Fsp3) is 0.778. The number of fused-ring (bicyclic) bond motifs is 1. The molecule has 2 rings (SSSR count). The monoisotopic (exact) mass is 184 g/mol. The van der Waals surface area contributed by atoms with Crippen LogP contribution in [-0.2, 0) is 19.1 Å². The summed E-state index contributed by atoms with van der Waals surface area (Å²) in [5.41, 5.74) is -0.0601. The highest BCUT2D eigenvalue weighted by Gasteiger charge is 2.72. The second-order valence-electron chi connectivity index (χ2n) is 4.24. The van der Waals surface area contributed by atoms with Crippen LogP contribution in [0.5, 0.6) is 0 Å². The van der Waals surface area contributed by atoms with Crippen LogP contribution in [-0.4, -0.2) is 18.2 Å². The molecule has 0 aromatic carbocycles. The van der Waals surface area contributed by atoms with Crippen molar-refractivity contribution in [3.8, 4) is 0 Å². The molecule has 0 spiro atoms. The Hall–Kier alpha value is -1.06. The SMILES string of the molecule is CC(=O)OC1OC(=O)C2C1C2(C)C. The zero-order chi connectivity index (χ0) is 9.80. The zero-order valence-corrected chi connectivity index (χ0v) is 7.87. The molecule has 1 saturated heterocycles. The lowest BCUT2D eigenvalue weighted by atomic mass is 10.1. The lowest BCUT2D eigenvalue weighted by Crippen LogP contribution is -2.24. The van der Waals surface area contributed by atoms with Gasteiger partial charge < -0.3 is 9.47 Å². The molecule has 4 nitrogen and oxygen atoms in total. The second kappa shape index (κ2) is 2.25. The van der Waals surface area contributed by atoms with E-state index in [0.717, 1.165) is 0 Å². The fourth-order valence-corrected chi connectivity index (χ4v) is 2.16. The maximum Gasteiger partial charge on any atom is 0.313 e. The van der Waals surface area contributed by atoms with Crippen molar-refractivity contribution >= 4 is 11.9 Å². The molecule has 0 aromatic rings. The van der Waals surface area contributed by atoms with Crippen LogP contribution < -0.4 is 0 Å². The third kappa shape index (κ3) is 1.04. The molecule has 72 valence electrons. The van der Waals surface area contributed by atoms with Gasteiger partial charge in [-0.25, -0.2) is 0 Å². The van der Waals surface area contributed by atoms with E-state index in [2.05, 4.69) is 0 Å². The van der Waals surface area contributed by atoms with Crippen LogP contribution in [0.15, 0.2) is 0 Å². The Balaban J connectivity index is 2.10. The first kappa shape index (κ1) is 8.53. The Bertz CT molecular complexity index is 281. The van der Waals surface area contributed by atoms with E-state index in [1.807, 2.05) is 13.8 Å². The first-order valence-corrected chi connectivity index (χ1v) is 4.32. The minimum atomic E-state index is -0.648. The summed E-state index contributed by atoms with van der Waals surface area (Å²) in [6, 6.07) is 0. The number of hydrogen-bond donors (Lipinski definition) is 0. The van der Waals surface area contributed by atoms with Crippen molar-refractivity contribution in [3.05, 3.63) is 0 Å². The second-order valence-corrected chi connectivity index (χ2v) is 4.24. The maximum absolute atomic E-state index is 11.2. The molecular weight excluding hydrogens is 172 g/mol. The van der Waals surface area contributed by atoms with Crippen molar-refractivity contribution in [1.29, 1.82) is 0 Å². The molecule has 3 atom stereocenters. The minimum Gasteiger partial charge on any atom is -0.425 e. The summed E-state index contributed by atoms with van der Waals surface area (Å²) in [5, 5.41) is 0. The molecule has 1 saturated carbocycles. The van der Waals surface area contributed by atoms with Gasteiger partial charge in [-0.3, -0.25) is 9.59 Å². The molecule has 13 heavy (non-hydrogen) atoms. The standard InChI is InChI=1S/C9H12O4/c1-4(10)12-8-6-5(7(11)13-8)9(6,2)3/h5-6,8H,1-3H3. The Labute approximate surface area is 76.2 Å². The van der Waals surface area contributed by atoms with E-state index in [-0.39, 0.29) is 23.2 Å². The van der Waals surface area contributed by atoms with Gasteiger partial charge in [0.1, 0.15) is 0 Å². The van der Waals surface area contributed by atoms with Gasteiger partial charge >= 0.3 is 11.9 Å². The fourth-order valence-electron chi connectivity index (χ4n) is 2.16. The number of hydrogen-bond acceptors (Lipinski definition) is 4. The van der Waals surface area contributed by atoms with E-state index in [1.165, 1.54) is 6.92 Å². The highest BCUT2D eigenvalue weighted by molar-refractivity contribution is 5.81. The number of carbonyl (C=O) groups excluding carboxylic acids is 2. The quantitative estimate of drug-likeness (QED) is 0.563. The number of rotatable bonds is 1. The molecule has 1 heterocycles. The van der Waals surface area contributed by atoms with Gasteiger partial charge in [0.05, 0.1) is 11.8 Å². The van der Waals surface area contributed by atoms with Crippen molar-refractivity contribution in [2.24, 2.45) is 17.3 Å². The summed E-state index contributed by atoms with van der Waals surface area (Å²) < 4.78 is 9.78. The van der Waals surface area contributed by atoms with Gasteiger partial charge in [0.25, 0.3) is 6.29 Å². The molecule has 1 aliphatic carbocycles. The van der Waals surface area contributed by atoms with Gasteiger partial charge in [-0.15, -0.1) is 0 Å². The average molecular weight is 184 g/mol. The Kier molecular flexibility index (Phi) is 1.47. The highest BCUT2D eigenvalue weighted by Crippen LogP contribution is 2.64. The van der Waals surface area contributed by atoms with Crippen LogP contribution in [0.25, 0.3) is 0 Å². The summed E-state index contributed by atoms with van der Waals surface area (Å²) in [7, 11) is 0. The maximum atomic E-state index is 11.2. The first-order valence-electron chi connectivity index (χ1n) is 4.32. The molecule has 1 aliphatic heterocycles. The van der Waals surface area contributed by atoms with E-state index in [1.54, 1.807) is 0 Å². The topological polar surface area (TPSA) is 52.6 Å². The summed E-state index contributed by atoms with van der Waals surface area (Å²) in [6.07, 6.45) is -0.648. The molecule has 0 aromatic heterocycles. The van der Waals surface area contributed by atoms with Gasteiger partial charge in [0.2, 0.25) is 0 Å². The van der Waals surface area contributed by atoms with Crippen LogP contribution in [0, 0.1) is 17.3 Å². The van der Waals surface area contributed by atoms with Crippen LogP contribution in [0.3, 0.4) is 0 Å². The largest absolute Gasteiger partial charge is 0.425 e. The molecule has 0 N–H and O–H groups in total. The lowest BCUT2D eigenvalue weighted by molar-refractivity contribution is -0.184. The molecule has 2 fully saturated rings. The van der Waals surface area contributed by atoms with E-state index >= 15 is 0 Å². The predicted molar refractivity (Wildman–Crippen MR) is 42.4 cm³/mol. The molecule has 3 unspecified atom stereocenters. The van der Waals surface area contributed by atoms with Gasteiger partial charge in [-0.05, 0) is 5.41 Å². The van der Waals surface area contributed by atoms with E-state index in [9.17, 15) is 9.59 Å². The Morgan fingerprint density at radius 3 is 2.54 bits per heavy atom. The number of ether oxygens (including phenoxy) is 2. The number of esters is 2. The molecule has 2 aliphatic rings. The Morgan fingerprint density at radius 1 is 1.54 bits per heavy atom. The van der Waals surface area contributed by atoms with Gasteiger partial charge in [-0.1, -0.05) is 13.8 Å². The van der Waals surface area contributed by atoms with Crippen molar-refractivity contribution in [3.63, 3.8) is 0 Å². The lowest BCUT2D eigenvalue weighted by Gasteiger charge is -2.16. The summed E-state index contributed by atoms with van der Waals surface area (Å²) in [4.78, 5) is 21.9. The van der Waals surface area contributed by atoms with Gasteiger partial charge in [-0.2, -0.15) is 0 Å². The van der Waals surface area contributed by atoms with Crippen LogP contribution in [0.2, 0.25) is 0 Å². The molecule has 0 radical (unpaired) electrons. The van der Waals surface area contributed by atoms with Crippen LogP contribution >= 0.6 is 0 Å². The minimum absolute atomic E-state index is 0.0592. The van der Waals surface area contributed by atoms with Crippen LogP contribution in [0.4, 0.5) is 0 Å². The van der Waals surface area contributed by atoms with E-state index in [0.29, 0.717) is 0 Å². The van der Waals surface area contributed by atoms with Gasteiger partial charge in [0.15, 0.2) is 0 Å². The molecule has 4 heteroatoms.